The zero-order valence-electron chi connectivity index (χ0n) is 16.5. The van der Waals surface area contributed by atoms with Crippen LogP contribution >= 0.6 is 7.75 Å². The van der Waals surface area contributed by atoms with Gasteiger partial charge in [-0.3, -0.25) is 28.2 Å². The molecule has 29 heavy (non-hydrogen) atoms. The van der Waals surface area contributed by atoms with Crippen LogP contribution < -0.4 is 16.3 Å². The second-order valence-electron chi connectivity index (χ2n) is 6.44. The minimum absolute atomic E-state index is 0.0113. The molecule has 0 bridgehead atoms. The number of halogens is 1. The molecule has 0 aromatic carbocycles. The summed E-state index contributed by atoms with van der Waals surface area (Å²) in [7, 11) is -2.78. The molecule has 164 valence electrons. The lowest BCUT2D eigenvalue weighted by Crippen LogP contribution is -2.35. The summed E-state index contributed by atoms with van der Waals surface area (Å²) < 4.78 is 48.7. The van der Waals surface area contributed by atoms with E-state index < -0.39 is 56.1 Å². The fraction of sp³-hybridized carbons (Fsp3) is 0.688. The van der Waals surface area contributed by atoms with Crippen LogP contribution in [0.1, 0.15) is 32.1 Å². The summed E-state index contributed by atoms with van der Waals surface area (Å²) in [5, 5.41) is 2.41. The number of hydrogen-bond donors (Lipinski definition) is 2. The monoisotopic (exact) mass is 437 g/mol. The second-order valence-corrected chi connectivity index (χ2v) is 8.21. The first-order valence-electron chi connectivity index (χ1n) is 8.96. The number of nitrogens with zero attached hydrogens (tertiary/aromatic N) is 1. The Balaban J connectivity index is 2.06. The molecular weight excluding hydrogens is 412 g/mol. The van der Waals surface area contributed by atoms with Crippen molar-refractivity contribution < 1.29 is 32.3 Å². The molecule has 0 spiro atoms. The van der Waals surface area contributed by atoms with Gasteiger partial charge in [0.15, 0.2) is 0 Å². The van der Waals surface area contributed by atoms with E-state index in [-0.39, 0.29) is 18.6 Å². The minimum atomic E-state index is -3.95. The first kappa shape index (κ1) is 23.4. The lowest BCUT2D eigenvalue weighted by Gasteiger charge is -2.23. The minimum Gasteiger partial charge on any atom is -0.468 e. The van der Waals surface area contributed by atoms with Gasteiger partial charge >= 0.3 is 19.4 Å². The Morgan fingerprint density at radius 1 is 1.48 bits per heavy atom. The standard InChI is InChI=1S/C16H25FN3O8P/c1-5-26-29(24,19-10(3)15(22)25-4)27-8-12-11(17)6-13(28-12)20-7-9(2)14(21)18-16(20)23/h7,10-13H,5-6,8H2,1-4H3,(H,19,24)(H,18,21,23)/t10-,11-,12+,13+,29?/m0/s1. The number of nitrogens with one attached hydrogen (secondary N) is 2. The van der Waals surface area contributed by atoms with Gasteiger partial charge in [-0.1, -0.05) is 0 Å². The average Bonchev–Trinajstić information content (AvgIpc) is 3.03. The molecule has 0 aliphatic carbocycles. The van der Waals surface area contributed by atoms with Crippen LogP contribution in [0.2, 0.25) is 0 Å². The molecular formula is C16H25FN3O8P. The van der Waals surface area contributed by atoms with E-state index in [1.54, 1.807) is 6.92 Å². The Morgan fingerprint density at radius 3 is 2.79 bits per heavy atom. The number of H-pyrrole nitrogens is 1. The number of hydrogen-bond acceptors (Lipinski definition) is 8. The lowest BCUT2D eigenvalue weighted by atomic mass is 10.2. The molecule has 2 heterocycles. The van der Waals surface area contributed by atoms with Crippen LogP contribution in [0.4, 0.5) is 4.39 Å². The summed E-state index contributed by atoms with van der Waals surface area (Å²) in [5.41, 5.74) is -0.998. The van der Waals surface area contributed by atoms with Gasteiger partial charge in [-0.25, -0.2) is 18.8 Å². The predicted octanol–water partition coefficient (Wildman–Crippen LogP) is 0.783. The van der Waals surface area contributed by atoms with Crippen molar-refractivity contribution >= 4 is 13.7 Å². The van der Waals surface area contributed by atoms with Gasteiger partial charge in [0.05, 0.1) is 20.3 Å². The zero-order chi connectivity index (χ0) is 21.8. The average molecular weight is 437 g/mol. The highest BCUT2D eigenvalue weighted by Crippen LogP contribution is 2.45. The number of aryl methyl sites for hydroxylation is 1. The van der Waals surface area contributed by atoms with Crippen molar-refractivity contribution in [2.45, 2.75) is 51.7 Å². The Hall–Kier alpha value is -1.85. The van der Waals surface area contributed by atoms with Crippen molar-refractivity contribution in [3.63, 3.8) is 0 Å². The SMILES string of the molecule is CCOP(=O)(N[C@@H](C)C(=O)OC)OC[C@H]1O[C@@H](n2cc(C)c(=O)[nH]c2=O)C[C@@H]1F. The number of aromatic amines is 1. The fourth-order valence-electron chi connectivity index (χ4n) is 2.73. The third-order valence-corrected chi connectivity index (χ3v) is 6.02. The van der Waals surface area contributed by atoms with Crippen molar-refractivity contribution in [2.75, 3.05) is 20.3 Å². The van der Waals surface area contributed by atoms with Crippen LogP contribution in [0, 0.1) is 6.92 Å². The maximum Gasteiger partial charge on any atom is 0.406 e. The Kier molecular flexibility index (Phi) is 7.89. The molecule has 1 aromatic heterocycles. The third kappa shape index (κ3) is 5.83. The van der Waals surface area contributed by atoms with Gasteiger partial charge < -0.3 is 9.47 Å². The Bertz CT molecular complexity index is 888. The van der Waals surface area contributed by atoms with Crippen LogP contribution in [0.15, 0.2) is 15.8 Å². The molecule has 1 aliphatic rings. The van der Waals surface area contributed by atoms with Gasteiger partial charge in [0.2, 0.25) is 0 Å². The van der Waals surface area contributed by atoms with Gasteiger partial charge in [-0.15, -0.1) is 0 Å². The number of methoxy groups -OCH3 is 1. The number of carbonyl (C=O) groups excluding carboxylic acids is 1. The van der Waals surface area contributed by atoms with Gasteiger partial charge in [0.1, 0.15) is 24.5 Å². The van der Waals surface area contributed by atoms with Crippen molar-refractivity contribution in [1.82, 2.24) is 14.6 Å². The molecule has 0 radical (unpaired) electrons. The van der Waals surface area contributed by atoms with Crippen LogP contribution in [-0.2, 0) is 27.9 Å². The van der Waals surface area contributed by atoms with Crippen molar-refractivity contribution in [3.05, 3.63) is 32.6 Å². The number of aromatic nitrogens is 2. The third-order valence-electron chi connectivity index (χ3n) is 4.23. The van der Waals surface area contributed by atoms with Gasteiger partial charge in [0.25, 0.3) is 5.56 Å². The fourth-order valence-corrected chi connectivity index (χ4v) is 4.22. The molecule has 1 fully saturated rings. The van der Waals surface area contributed by atoms with Gasteiger partial charge in [0, 0.05) is 18.2 Å². The quantitative estimate of drug-likeness (QED) is 0.424. The van der Waals surface area contributed by atoms with Crippen molar-refractivity contribution in [2.24, 2.45) is 0 Å². The molecule has 5 atom stereocenters. The summed E-state index contributed by atoms with van der Waals surface area (Å²) in [6.45, 7) is 4.05. The second kappa shape index (κ2) is 9.77. The lowest BCUT2D eigenvalue weighted by molar-refractivity contribution is -0.142. The number of esters is 1. The molecule has 11 nitrogen and oxygen atoms in total. The molecule has 2 N–H and O–H groups in total. The van der Waals surface area contributed by atoms with E-state index in [9.17, 15) is 23.3 Å². The maximum absolute atomic E-state index is 14.4. The van der Waals surface area contributed by atoms with E-state index >= 15 is 0 Å². The Labute approximate surface area is 166 Å². The molecule has 13 heteroatoms. The molecule has 1 aliphatic heterocycles. The smallest absolute Gasteiger partial charge is 0.406 e. The van der Waals surface area contributed by atoms with Crippen molar-refractivity contribution in [1.29, 1.82) is 0 Å². The first-order chi connectivity index (χ1) is 13.6. The van der Waals surface area contributed by atoms with E-state index in [0.717, 1.165) is 4.57 Å². The van der Waals surface area contributed by atoms with Crippen molar-refractivity contribution in [3.8, 4) is 0 Å². The summed E-state index contributed by atoms with van der Waals surface area (Å²) in [6.07, 6.45) is -2.50. The van der Waals surface area contributed by atoms with E-state index in [1.807, 2.05) is 0 Å². The first-order valence-corrected chi connectivity index (χ1v) is 10.5. The number of ether oxygens (including phenoxy) is 2. The topological polar surface area (TPSA) is 138 Å². The van der Waals surface area contributed by atoms with Crippen LogP contribution in [0.5, 0.6) is 0 Å². The molecule has 1 aromatic rings. The number of alkyl halides is 1. The maximum atomic E-state index is 14.4. The molecule has 0 amide bonds. The van der Waals surface area contributed by atoms with E-state index in [4.69, 9.17) is 13.8 Å². The molecule has 1 saturated heterocycles. The summed E-state index contributed by atoms with van der Waals surface area (Å²) in [6, 6.07) is -0.988. The van der Waals surface area contributed by atoms with E-state index in [1.165, 1.54) is 27.2 Å². The highest BCUT2D eigenvalue weighted by Gasteiger charge is 2.39. The number of carbonyl (C=O) groups is 1. The van der Waals surface area contributed by atoms with Crippen LogP contribution in [0.25, 0.3) is 0 Å². The van der Waals surface area contributed by atoms with Gasteiger partial charge in [-0.05, 0) is 20.8 Å². The van der Waals surface area contributed by atoms with Crippen LogP contribution in [-0.4, -0.2) is 54.2 Å². The number of rotatable bonds is 9. The van der Waals surface area contributed by atoms with E-state index in [2.05, 4.69) is 14.8 Å². The normalized spacial score (nSPS) is 24.8. The molecule has 0 saturated carbocycles. The molecule has 2 rings (SSSR count). The summed E-state index contributed by atoms with van der Waals surface area (Å²) in [4.78, 5) is 37.1. The largest absolute Gasteiger partial charge is 0.468 e. The Morgan fingerprint density at radius 2 is 2.17 bits per heavy atom. The summed E-state index contributed by atoms with van der Waals surface area (Å²) >= 11 is 0. The van der Waals surface area contributed by atoms with Crippen LogP contribution in [0.3, 0.4) is 0 Å². The zero-order valence-corrected chi connectivity index (χ0v) is 17.4. The summed E-state index contributed by atoms with van der Waals surface area (Å²) in [5.74, 6) is -0.679. The van der Waals surface area contributed by atoms with E-state index in [0.29, 0.717) is 0 Å². The predicted molar refractivity (Wildman–Crippen MR) is 99.3 cm³/mol. The highest BCUT2D eigenvalue weighted by atomic mass is 31.2. The highest BCUT2D eigenvalue weighted by molar-refractivity contribution is 7.51. The molecule has 1 unspecified atom stereocenters. The van der Waals surface area contributed by atoms with Gasteiger partial charge in [-0.2, -0.15) is 0 Å².